The smallest absolute Gasteiger partial charge is 0.407 e. The largest absolute Gasteiger partial charge is 0.470 e. The van der Waals surface area contributed by atoms with Crippen molar-refractivity contribution in [2.75, 3.05) is 13.7 Å². The van der Waals surface area contributed by atoms with Crippen LogP contribution < -0.4 is 20.1 Å². The van der Waals surface area contributed by atoms with Crippen molar-refractivity contribution in [3.63, 3.8) is 0 Å². The van der Waals surface area contributed by atoms with Gasteiger partial charge in [-0.1, -0.05) is 54.8 Å². The van der Waals surface area contributed by atoms with E-state index < -0.39 is 74.5 Å². The Kier molecular flexibility index (Phi) is 10.1. The number of nitrogens with zero attached hydrogens (tertiary/aromatic N) is 3. The van der Waals surface area contributed by atoms with Crippen molar-refractivity contribution in [3.8, 4) is 17.3 Å². The number of benzene rings is 2. The van der Waals surface area contributed by atoms with Gasteiger partial charge in [0.05, 0.1) is 18.9 Å². The van der Waals surface area contributed by atoms with Crippen LogP contribution in [-0.4, -0.2) is 89.7 Å². The SMILES string of the molecule is COC(=O)N[C@H]1CCCCC/C=C\[C@H]2C[C@@]2(C(=O)NS(=O)(=O)C2CC2)NC(=O)[C@@H]2C[C@@H](Oc3nc(-c4ccc(C)cc4)nc4c3oc3ccc(F)cc34)CN2C1=O. The summed E-state index contributed by atoms with van der Waals surface area (Å²) < 4.78 is 59.9. The first-order chi connectivity index (χ1) is 27.3. The fraction of sp³-hybridized carbons (Fsp3) is 0.450. The minimum atomic E-state index is -3.93. The van der Waals surface area contributed by atoms with Crippen LogP contribution in [0.15, 0.2) is 59.0 Å². The second kappa shape index (κ2) is 15.1. The maximum absolute atomic E-state index is 14.5. The van der Waals surface area contributed by atoms with Crippen LogP contribution in [0.3, 0.4) is 0 Å². The molecule has 57 heavy (non-hydrogen) atoms. The molecule has 4 amide bonds. The van der Waals surface area contributed by atoms with Crippen molar-refractivity contribution >= 4 is 55.9 Å². The molecule has 1 saturated heterocycles. The molecule has 4 aliphatic rings. The molecule has 0 spiro atoms. The van der Waals surface area contributed by atoms with Gasteiger partial charge in [0.2, 0.25) is 27.4 Å². The Balaban J connectivity index is 1.15. The summed E-state index contributed by atoms with van der Waals surface area (Å²) in [6, 6.07) is 9.28. The summed E-state index contributed by atoms with van der Waals surface area (Å²) in [4.78, 5) is 65.8. The molecule has 2 saturated carbocycles. The topological polar surface area (TPSA) is 199 Å². The van der Waals surface area contributed by atoms with Crippen LogP contribution in [0.5, 0.6) is 5.88 Å². The van der Waals surface area contributed by atoms with Gasteiger partial charge in [-0.05, 0) is 63.6 Å². The number of carbonyl (C=O) groups excluding carboxylic acids is 4. The van der Waals surface area contributed by atoms with Crippen LogP contribution in [0, 0.1) is 18.7 Å². The number of rotatable bonds is 7. The minimum absolute atomic E-state index is 0.00513. The first-order valence-corrected chi connectivity index (χ1v) is 20.7. The molecule has 3 fully saturated rings. The average Bonchev–Trinajstić information content (AvgIpc) is 4.09. The molecule has 2 aromatic carbocycles. The molecule has 2 aliphatic heterocycles. The molecule has 300 valence electrons. The maximum Gasteiger partial charge on any atom is 0.407 e. The highest BCUT2D eigenvalue weighted by Gasteiger charge is 2.62. The van der Waals surface area contributed by atoms with Crippen LogP contribution in [0.4, 0.5) is 9.18 Å². The monoisotopic (exact) mass is 802 g/mol. The van der Waals surface area contributed by atoms with E-state index in [0.717, 1.165) is 18.4 Å². The van der Waals surface area contributed by atoms with Gasteiger partial charge in [-0.15, -0.1) is 0 Å². The number of allylic oxidation sites excluding steroid dienone is 1. The maximum atomic E-state index is 14.5. The van der Waals surface area contributed by atoms with Gasteiger partial charge < -0.3 is 29.4 Å². The highest BCUT2D eigenvalue weighted by molar-refractivity contribution is 7.91. The van der Waals surface area contributed by atoms with E-state index in [1.54, 1.807) is 0 Å². The van der Waals surface area contributed by atoms with Gasteiger partial charge in [0.15, 0.2) is 5.82 Å². The molecule has 3 N–H and O–H groups in total. The molecule has 4 aromatic rings. The summed E-state index contributed by atoms with van der Waals surface area (Å²) >= 11 is 0. The highest BCUT2D eigenvalue weighted by Crippen LogP contribution is 2.46. The summed E-state index contributed by atoms with van der Waals surface area (Å²) in [6.07, 6.45) is 6.07. The fourth-order valence-electron chi connectivity index (χ4n) is 7.71. The van der Waals surface area contributed by atoms with E-state index >= 15 is 0 Å². The lowest BCUT2D eigenvalue weighted by atomic mass is 10.1. The first kappa shape index (κ1) is 38.3. The lowest BCUT2D eigenvalue weighted by Crippen LogP contribution is -2.58. The number of hydrogen-bond acceptors (Lipinski definition) is 11. The van der Waals surface area contributed by atoms with E-state index in [-0.39, 0.29) is 43.1 Å². The van der Waals surface area contributed by atoms with Crippen molar-refractivity contribution in [1.29, 1.82) is 0 Å². The third-order valence-corrected chi connectivity index (χ3v) is 13.0. The summed E-state index contributed by atoms with van der Waals surface area (Å²) in [5, 5.41) is 5.21. The number of carbonyl (C=O) groups is 4. The number of methoxy groups -OCH3 is 1. The van der Waals surface area contributed by atoms with E-state index in [9.17, 15) is 32.0 Å². The van der Waals surface area contributed by atoms with E-state index in [1.165, 1.54) is 30.2 Å². The first-order valence-electron chi connectivity index (χ1n) is 19.2. The van der Waals surface area contributed by atoms with Crippen molar-refractivity contribution in [2.45, 2.75) is 93.7 Å². The van der Waals surface area contributed by atoms with Gasteiger partial charge in [0.25, 0.3) is 11.8 Å². The fourth-order valence-corrected chi connectivity index (χ4v) is 9.07. The number of nitrogens with one attached hydrogen (secondary N) is 3. The van der Waals surface area contributed by atoms with Crippen molar-refractivity contribution < 1.29 is 45.9 Å². The number of alkyl carbamates (subject to hydrolysis) is 1. The third-order valence-electron chi connectivity index (χ3n) is 11.2. The predicted octanol–water partition coefficient (Wildman–Crippen LogP) is 4.57. The Morgan fingerprint density at radius 3 is 2.60 bits per heavy atom. The molecule has 5 atom stereocenters. The summed E-state index contributed by atoms with van der Waals surface area (Å²) in [6.45, 7) is 1.81. The van der Waals surface area contributed by atoms with E-state index in [1.807, 2.05) is 43.3 Å². The van der Waals surface area contributed by atoms with Crippen LogP contribution in [0.1, 0.15) is 63.4 Å². The van der Waals surface area contributed by atoms with Crippen LogP contribution >= 0.6 is 0 Å². The standard InChI is InChI=1S/C40H43FN6O9S/c1-22-10-12-23(13-11-22)34-43-32-28-18-25(41)14-17-31(28)56-33(32)36(44-34)55-26-19-30-35(48)45-40(38(50)46-57(52,53)27-15-16-27)20-24(40)8-6-4-3-5-7-9-29(42-39(51)54-2)37(49)47(30)21-26/h6,8,10-14,17-18,24,26-27,29-30H,3-5,7,9,15-16,19-21H2,1-2H3,(H,42,51)(H,45,48)(H,46,50)/b8-6-/t24-,26+,29-,30-,40+/m0/s1. The predicted molar refractivity (Wildman–Crippen MR) is 205 cm³/mol. The van der Waals surface area contributed by atoms with Crippen LogP contribution in [0.25, 0.3) is 33.5 Å². The van der Waals surface area contributed by atoms with Crippen molar-refractivity contribution in [1.82, 2.24) is 30.2 Å². The Hall–Kier alpha value is -5.58. The molecule has 0 unspecified atom stereocenters. The highest BCUT2D eigenvalue weighted by atomic mass is 32.2. The molecule has 0 radical (unpaired) electrons. The number of hydrogen-bond donors (Lipinski definition) is 3. The average molecular weight is 803 g/mol. The molecule has 17 heteroatoms. The zero-order valence-electron chi connectivity index (χ0n) is 31.5. The summed E-state index contributed by atoms with van der Waals surface area (Å²) in [7, 11) is -2.74. The number of ether oxygens (including phenoxy) is 2. The molecule has 15 nitrogen and oxygen atoms in total. The summed E-state index contributed by atoms with van der Waals surface area (Å²) in [5.74, 6) is -2.77. The van der Waals surface area contributed by atoms with Crippen LogP contribution in [0.2, 0.25) is 0 Å². The minimum Gasteiger partial charge on any atom is -0.470 e. The number of aromatic nitrogens is 2. The molecule has 2 aromatic heterocycles. The van der Waals surface area contributed by atoms with Crippen molar-refractivity contribution in [3.05, 3.63) is 66.0 Å². The second-order valence-electron chi connectivity index (χ2n) is 15.3. The van der Waals surface area contributed by atoms with Gasteiger partial charge in [0.1, 0.15) is 40.6 Å². The van der Waals surface area contributed by atoms with Crippen molar-refractivity contribution in [2.24, 2.45) is 5.92 Å². The number of amides is 4. The van der Waals surface area contributed by atoms with Gasteiger partial charge in [-0.3, -0.25) is 19.1 Å². The van der Waals surface area contributed by atoms with Gasteiger partial charge in [0, 0.05) is 23.3 Å². The van der Waals surface area contributed by atoms with Gasteiger partial charge in [-0.25, -0.2) is 22.6 Å². The number of fused-ring (bicyclic) bond motifs is 5. The van der Waals surface area contributed by atoms with Gasteiger partial charge >= 0.3 is 6.09 Å². The quantitative estimate of drug-likeness (QED) is 0.221. The lowest BCUT2D eigenvalue weighted by Gasteiger charge is -2.29. The number of halogens is 1. The van der Waals surface area contributed by atoms with E-state index in [4.69, 9.17) is 23.9 Å². The molecule has 8 rings (SSSR count). The number of furan rings is 1. The number of sulfonamides is 1. The molecular weight excluding hydrogens is 760 g/mol. The Morgan fingerprint density at radius 1 is 1.05 bits per heavy atom. The third kappa shape index (κ3) is 7.76. The molecule has 0 bridgehead atoms. The Bertz CT molecular complexity index is 2400. The zero-order chi connectivity index (χ0) is 40.1. The molecule has 4 heterocycles. The number of aryl methyl sites for hydroxylation is 1. The zero-order valence-corrected chi connectivity index (χ0v) is 32.3. The van der Waals surface area contributed by atoms with Crippen LogP contribution in [-0.2, 0) is 29.1 Å². The summed E-state index contributed by atoms with van der Waals surface area (Å²) in [5.41, 5.74) is 0.897. The second-order valence-corrected chi connectivity index (χ2v) is 17.3. The molecule has 2 aliphatic carbocycles. The Morgan fingerprint density at radius 2 is 1.84 bits per heavy atom. The van der Waals surface area contributed by atoms with Gasteiger partial charge in [-0.2, -0.15) is 4.98 Å². The van der Waals surface area contributed by atoms with E-state index in [2.05, 4.69) is 15.4 Å². The molecular formula is C40H43FN6O9S. The van der Waals surface area contributed by atoms with E-state index in [0.29, 0.717) is 47.7 Å². The Labute approximate surface area is 327 Å². The lowest BCUT2D eigenvalue weighted by molar-refractivity contribution is -0.141. The normalized spacial score (nSPS) is 26.1.